The van der Waals surface area contributed by atoms with Crippen LogP contribution >= 0.6 is 0 Å². The van der Waals surface area contributed by atoms with Crippen molar-refractivity contribution in [3.05, 3.63) is 77.5 Å². The molecule has 0 radical (unpaired) electrons. The SMILES string of the molecule is C[C@H]1NC(=O)c2cnn3cc4c(nc23)N(Cc2cc(F)cnc2O1)[C@H](c1ccccc1)CO4. The molecular formula is C23H19FN6O3. The third-order valence-electron chi connectivity index (χ3n) is 5.77. The van der Waals surface area contributed by atoms with E-state index in [4.69, 9.17) is 14.5 Å². The number of ether oxygens (including phenoxy) is 2. The van der Waals surface area contributed by atoms with Gasteiger partial charge in [-0.3, -0.25) is 4.79 Å². The Morgan fingerprint density at radius 2 is 2.06 bits per heavy atom. The molecule has 6 rings (SSSR count). The van der Waals surface area contributed by atoms with Crippen LogP contribution in [0.25, 0.3) is 5.65 Å². The van der Waals surface area contributed by atoms with E-state index in [1.807, 2.05) is 35.2 Å². The van der Waals surface area contributed by atoms with Crippen LogP contribution in [0.2, 0.25) is 0 Å². The molecule has 2 bridgehead atoms. The van der Waals surface area contributed by atoms with Gasteiger partial charge in [-0.25, -0.2) is 18.9 Å². The summed E-state index contributed by atoms with van der Waals surface area (Å²) in [6, 6.07) is 11.1. The molecule has 0 unspecified atom stereocenters. The molecule has 4 aromatic rings. The van der Waals surface area contributed by atoms with Crippen LogP contribution in [0, 0.1) is 5.82 Å². The average Bonchev–Trinajstić information content (AvgIpc) is 3.22. The number of halogens is 1. The minimum Gasteiger partial charge on any atom is -0.486 e. The number of benzene rings is 1. The highest BCUT2D eigenvalue weighted by Gasteiger charge is 2.33. The Hall–Kier alpha value is -4.21. The molecule has 33 heavy (non-hydrogen) atoms. The Bertz CT molecular complexity index is 1380. The Labute approximate surface area is 187 Å². The molecule has 0 saturated carbocycles. The third kappa shape index (κ3) is 3.30. The van der Waals surface area contributed by atoms with Gasteiger partial charge in [-0.15, -0.1) is 0 Å². The van der Waals surface area contributed by atoms with E-state index >= 15 is 0 Å². The van der Waals surface area contributed by atoms with Crippen LogP contribution in [0.4, 0.5) is 10.2 Å². The van der Waals surface area contributed by atoms with E-state index in [0.29, 0.717) is 34.9 Å². The van der Waals surface area contributed by atoms with Crippen molar-refractivity contribution in [2.45, 2.75) is 25.7 Å². The minimum absolute atomic E-state index is 0.203. The van der Waals surface area contributed by atoms with Crippen molar-refractivity contribution in [1.82, 2.24) is 24.9 Å². The second-order valence-corrected chi connectivity index (χ2v) is 7.97. The van der Waals surface area contributed by atoms with E-state index in [0.717, 1.165) is 11.8 Å². The zero-order valence-electron chi connectivity index (χ0n) is 17.6. The van der Waals surface area contributed by atoms with Gasteiger partial charge in [0.25, 0.3) is 5.91 Å². The summed E-state index contributed by atoms with van der Waals surface area (Å²) in [5.41, 5.74) is 2.24. The van der Waals surface area contributed by atoms with Crippen LogP contribution in [-0.4, -0.2) is 38.3 Å². The number of aromatic nitrogens is 4. The largest absolute Gasteiger partial charge is 0.486 e. The van der Waals surface area contributed by atoms with Crippen molar-refractivity contribution in [1.29, 1.82) is 0 Å². The van der Waals surface area contributed by atoms with Crippen molar-refractivity contribution in [3.8, 4) is 11.6 Å². The molecule has 0 fully saturated rings. The quantitative estimate of drug-likeness (QED) is 0.481. The standard InChI is InChI=1S/C23H19FN6O3/c1-13-27-22(31)17-9-26-30-11-19-21(28-20(17)30)29(10-15-7-16(24)8-25-23(15)33-13)18(12-32-19)14-5-3-2-4-6-14/h2-9,11,13,18H,10,12H2,1H3,(H,27,31)/t13-,18-/m0/s1. The van der Waals surface area contributed by atoms with Gasteiger partial charge >= 0.3 is 0 Å². The van der Waals surface area contributed by atoms with Crippen molar-refractivity contribution < 1.29 is 18.7 Å². The van der Waals surface area contributed by atoms with Crippen molar-refractivity contribution >= 4 is 17.4 Å². The van der Waals surface area contributed by atoms with Gasteiger partial charge in [0.1, 0.15) is 18.0 Å². The van der Waals surface area contributed by atoms with Gasteiger partial charge in [-0.05, 0) is 18.6 Å². The first kappa shape index (κ1) is 19.5. The maximum Gasteiger partial charge on any atom is 0.259 e. The van der Waals surface area contributed by atoms with Crippen LogP contribution in [0.1, 0.15) is 34.5 Å². The third-order valence-corrected chi connectivity index (χ3v) is 5.77. The molecule has 1 N–H and O–H groups in total. The number of hydrogen-bond donors (Lipinski definition) is 1. The highest BCUT2D eigenvalue weighted by atomic mass is 19.1. The lowest BCUT2D eigenvalue weighted by molar-refractivity contribution is 0.0845. The van der Waals surface area contributed by atoms with E-state index in [1.54, 1.807) is 13.1 Å². The first-order chi connectivity index (χ1) is 16.1. The van der Waals surface area contributed by atoms with Crippen LogP contribution in [0.3, 0.4) is 0 Å². The van der Waals surface area contributed by atoms with Gasteiger partial charge < -0.3 is 19.7 Å². The number of carbonyl (C=O) groups excluding carboxylic acids is 1. The summed E-state index contributed by atoms with van der Waals surface area (Å²) >= 11 is 0. The normalized spacial score (nSPS) is 19.7. The molecule has 0 aliphatic carbocycles. The summed E-state index contributed by atoms with van der Waals surface area (Å²) in [6.45, 7) is 2.31. The number of carbonyl (C=O) groups is 1. The maximum absolute atomic E-state index is 14.2. The monoisotopic (exact) mass is 446 g/mol. The van der Waals surface area contributed by atoms with Crippen LogP contribution in [0.15, 0.2) is 55.0 Å². The zero-order valence-corrected chi connectivity index (χ0v) is 17.6. The summed E-state index contributed by atoms with van der Waals surface area (Å²) in [4.78, 5) is 23.9. The molecule has 3 aromatic heterocycles. The van der Waals surface area contributed by atoms with Gasteiger partial charge in [-0.2, -0.15) is 5.10 Å². The number of nitrogens with one attached hydrogen (secondary N) is 1. The smallest absolute Gasteiger partial charge is 0.259 e. The number of hydrogen-bond acceptors (Lipinski definition) is 7. The first-order valence-corrected chi connectivity index (χ1v) is 10.5. The van der Waals surface area contributed by atoms with Gasteiger partial charge in [0.15, 0.2) is 23.4 Å². The second kappa shape index (κ2) is 7.44. The Morgan fingerprint density at radius 1 is 1.21 bits per heavy atom. The molecule has 1 amide bonds. The second-order valence-electron chi connectivity index (χ2n) is 7.97. The molecule has 2 atom stereocenters. The fourth-order valence-electron chi connectivity index (χ4n) is 4.23. The summed E-state index contributed by atoms with van der Waals surface area (Å²) in [5.74, 6) is 0.411. The first-order valence-electron chi connectivity index (χ1n) is 10.5. The van der Waals surface area contributed by atoms with E-state index < -0.39 is 18.0 Å². The Kier molecular flexibility index (Phi) is 4.39. The molecule has 1 aromatic carbocycles. The molecule has 0 saturated heterocycles. The fourth-order valence-corrected chi connectivity index (χ4v) is 4.23. The fraction of sp³-hybridized carbons (Fsp3) is 0.217. The lowest BCUT2D eigenvalue weighted by Gasteiger charge is -2.38. The molecule has 166 valence electrons. The molecule has 2 aliphatic heterocycles. The van der Waals surface area contributed by atoms with Crippen LogP contribution in [0.5, 0.6) is 11.6 Å². The van der Waals surface area contributed by atoms with E-state index in [2.05, 4.69) is 15.4 Å². The highest BCUT2D eigenvalue weighted by molar-refractivity contribution is 6.00. The average molecular weight is 446 g/mol. The van der Waals surface area contributed by atoms with Crippen LogP contribution < -0.4 is 19.7 Å². The molecular weight excluding hydrogens is 427 g/mol. The highest BCUT2D eigenvalue weighted by Crippen LogP contribution is 2.40. The lowest BCUT2D eigenvalue weighted by atomic mass is 10.0. The van der Waals surface area contributed by atoms with Gasteiger partial charge in [-0.1, -0.05) is 30.3 Å². The van der Waals surface area contributed by atoms with Crippen molar-refractivity contribution in [3.63, 3.8) is 0 Å². The van der Waals surface area contributed by atoms with Gasteiger partial charge in [0.05, 0.1) is 31.2 Å². The Morgan fingerprint density at radius 3 is 2.91 bits per heavy atom. The number of nitrogens with zero attached hydrogens (tertiary/aromatic N) is 5. The van der Waals surface area contributed by atoms with E-state index in [9.17, 15) is 9.18 Å². The Balaban J connectivity index is 1.58. The van der Waals surface area contributed by atoms with E-state index in [1.165, 1.54) is 16.8 Å². The van der Waals surface area contributed by atoms with E-state index in [-0.39, 0.29) is 18.5 Å². The zero-order chi connectivity index (χ0) is 22.5. The summed E-state index contributed by atoms with van der Waals surface area (Å²) in [5, 5.41) is 7.03. The minimum atomic E-state index is -0.711. The van der Waals surface area contributed by atoms with Crippen molar-refractivity contribution in [2.75, 3.05) is 11.5 Å². The number of pyridine rings is 1. The number of anilines is 1. The van der Waals surface area contributed by atoms with Crippen LogP contribution in [-0.2, 0) is 6.54 Å². The number of rotatable bonds is 1. The number of fused-ring (bicyclic) bond motifs is 1. The molecule has 5 heterocycles. The summed E-state index contributed by atoms with van der Waals surface area (Å²) < 4.78 is 27.7. The van der Waals surface area contributed by atoms with Gasteiger partial charge in [0, 0.05) is 5.56 Å². The van der Waals surface area contributed by atoms with Gasteiger partial charge in [0.2, 0.25) is 5.88 Å². The molecule has 10 heteroatoms. The maximum atomic E-state index is 14.2. The summed E-state index contributed by atoms with van der Waals surface area (Å²) in [7, 11) is 0. The lowest BCUT2D eigenvalue weighted by Crippen LogP contribution is -2.39. The topological polar surface area (TPSA) is 93.9 Å². The molecule has 9 nitrogen and oxygen atoms in total. The van der Waals surface area contributed by atoms with Crippen molar-refractivity contribution in [2.24, 2.45) is 0 Å². The summed E-state index contributed by atoms with van der Waals surface area (Å²) in [6.07, 6.45) is 3.55. The predicted octanol–water partition coefficient (Wildman–Crippen LogP) is 2.87. The molecule has 0 spiro atoms. The molecule has 2 aliphatic rings. The number of amides is 1. The predicted molar refractivity (Wildman–Crippen MR) is 116 cm³/mol.